The summed E-state index contributed by atoms with van der Waals surface area (Å²) >= 11 is 1.63. The maximum atomic E-state index is 13.0. The summed E-state index contributed by atoms with van der Waals surface area (Å²) < 4.78 is 13.0. The van der Waals surface area contributed by atoms with Crippen molar-refractivity contribution in [3.05, 3.63) is 94.1 Å². The molecule has 0 aliphatic heterocycles. The molecule has 0 saturated carbocycles. The van der Waals surface area contributed by atoms with Gasteiger partial charge in [-0.05, 0) is 51.7 Å². The van der Waals surface area contributed by atoms with Crippen molar-refractivity contribution in [2.75, 3.05) is 0 Å². The average Bonchev–Trinajstić information content (AvgIpc) is 3.36. The number of H-pyrrole nitrogens is 1. The second-order valence-corrected chi connectivity index (χ2v) is 7.29. The molecule has 0 saturated heterocycles. The fourth-order valence-corrected chi connectivity index (χ4v) is 4.04. The first-order chi connectivity index (χ1) is 13.2. The van der Waals surface area contributed by atoms with E-state index in [2.05, 4.69) is 27.8 Å². The molecule has 1 amide bonds. The Morgan fingerprint density at radius 3 is 2.70 bits per heavy atom. The number of hydrogen-bond donors (Lipinski definition) is 2. The molecule has 0 aliphatic rings. The highest BCUT2D eigenvalue weighted by molar-refractivity contribution is 7.08. The number of thiophene rings is 1. The van der Waals surface area contributed by atoms with E-state index < -0.39 is 0 Å². The molecular formula is C22H19FN2OS. The first-order valence-corrected chi connectivity index (χ1v) is 9.74. The van der Waals surface area contributed by atoms with Gasteiger partial charge >= 0.3 is 0 Å². The molecule has 0 bridgehead atoms. The summed E-state index contributed by atoms with van der Waals surface area (Å²) in [6.45, 7) is 0.392. The summed E-state index contributed by atoms with van der Waals surface area (Å²) in [5.41, 5.74) is 4.21. The number of amides is 1. The Kier molecular flexibility index (Phi) is 5.03. The third-order valence-corrected chi connectivity index (χ3v) is 5.44. The molecule has 3 nitrogen and oxygen atoms in total. The summed E-state index contributed by atoms with van der Waals surface area (Å²) in [6, 6.07) is 16.4. The molecule has 0 aliphatic carbocycles. The zero-order chi connectivity index (χ0) is 18.6. The third kappa shape index (κ3) is 3.93. The van der Waals surface area contributed by atoms with Gasteiger partial charge in [-0.2, -0.15) is 11.3 Å². The number of hydrogen-bond acceptors (Lipinski definition) is 2. The van der Waals surface area contributed by atoms with Gasteiger partial charge in [-0.1, -0.05) is 30.3 Å². The van der Waals surface area contributed by atoms with Crippen LogP contribution in [0.3, 0.4) is 0 Å². The topological polar surface area (TPSA) is 44.9 Å². The number of benzene rings is 2. The van der Waals surface area contributed by atoms with Crippen LogP contribution in [0.1, 0.15) is 29.0 Å². The highest BCUT2D eigenvalue weighted by atomic mass is 32.1. The lowest BCUT2D eigenvalue weighted by Crippen LogP contribution is -2.24. The van der Waals surface area contributed by atoms with Crippen molar-refractivity contribution < 1.29 is 9.18 Å². The van der Waals surface area contributed by atoms with Gasteiger partial charge in [-0.25, -0.2) is 4.39 Å². The Balaban J connectivity index is 1.53. The molecule has 27 heavy (non-hydrogen) atoms. The minimum atomic E-state index is -0.276. The van der Waals surface area contributed by atoms with Gasteiger partial charge < -0.3 is 10.3 Å². The Morgan fingerprint density at radius 2 is 1.93 bits per heavy atom. The van der Waals surface area contributed by atoms with Crippen LogP contribution in [-0.4, -0.2) is 10.9 Å². The van der Waals surface area contributed by atoms with Gasteiger partial charge in [0.25, 0.3) is 0 Å². The molecular weight excluding hydrogens is 359 g/mol. The number of aromatic amines is 1. The first kappa shape index (κ1) is 17.5. The number of fused-ring (bicyclic) bond motifs is 1. The fraction of sp³-hybridized carbons (Fsp3) is 0.136. The quantitative estimate of drug-likeness (QED) is 0.475. The predicted molar refractivity (Wildman–Crippen MR) is 107 cm³/mol. The Morgan fingerprint density at radius 1 is 1.11 bits per heavy atom. The first-order valence-electron chi connectivity index (χ1n) is 8.80. The summed E-state index contributed by atoms with van der Waals surface area (Å²) in [7, 11) is 0. The number of aromatic nitrogens is 1. The van der Waals surface area contributed by atoms with Gasteiger partial charge in [0.05, 0.1) is 0 Å². The van der Waals surface area contributed by atoms with E-state index in [9.17, 15) is 9.18 Å². The van der Waals surface area contributed by atoms with E-state index in [0.717, 1.165) is 27.6 Å². The van der Waals surface area contributed by atoms with Crippen molar-refractivity contribution in [1.29, 1.82) is 0 Å². The third-order valence-electron chi connectivity index (χ3n) is 4.73. The molecule has 4 aromatic rings. The smallest absolute Gasteiger partial charge is 0.221 e. The molecule has 2 heterocycles. The van der Waals surface area contributed by atoms with E-state index in [1.165, 1.54) is 12.1 Å². The molecule has 4 rings (SSSR count). The van der Waals surface area contributed by atoms with Crippen LogP contribution >= 0.6 is 11.3 Å². The van der Waals surface area contributed by atoms with Gasteiger partial charge in [-0.3, -0.25) is 4.79 Å². The van der Waals surface area contributed by atoms with Gasteiger partial charge in [0.2, 0.25) is 5.91 Å². The van der Waals surface area contributed by atoms with E-state index in [-0.39, 0.29) is 17.6 Å². The number of rotatable bonds is 6. The Hall–Kier alpha value is -2.92. The van der Waals surface area contributed by atoms with Crippen molar-refractivity contribution in [2.24, 2.45) is 0 Å². The average molecular weight is 378 g/mol. The van der Waals surface area contributed by atoms with Crippen LogP contribution < -0.4 is 5.32 Å². The molecule has 2 N–H and O–H groups in total. The van der Waals surface area contributed by atoms with Crippen molar-refractivity contribution in [1.82, 2.24) is 10.3 Å². The van der Waals surface area contributed by atoms with Gasteiger partial charge in [-0.15, -0.1) is 0 Å². The molecule has 1 atom stereocenters. The largest absolute Gasteiger partial charge is 0.361 e. The minimum Gasteiger partial charge on any atom is -0.361 e. The van der Waals surface area contributed by atoms with Gasteiger partial charge in [0.15, 0.2) is 0 Å². The van der Waals surface area contributed by atoms with Crippen LogP contribution in [-0.2, 0) is 11.3 Å². The van der Waals surface area contributed by atoms with E-state index in [0.29, 0.717) is 13.0 Å². The Bertz CT molecular complexity index is 1040. The minimum absolute atomic E-state index is 0.0133. The van der Waals surface area contributed by atoms with Crippen LogP contribution in [0.15, 0.2) is 71.6 Å². The molecule has 1 unspecified atom stereocenters. The highest BCUT2D eigenvalue weighted by Crippen LogP contribution is 2.34. The fourth-order valence-electron chi connectivity index (χ4n) is 3.32. The predicted octanol–water partition coefficient (Wildman–Crippen LogP) is 5.21. The summed E-state index contributed by atoms with van der Waals surface area (Å²) in [5.74, 6) is -0.316. The number of halogens is 1. The molecule has 0 radical (unpaired) electrons. The zero-order valence-electron chi connectivity index (χ0n) is 14.6. The summed E-state index contributed by atoms with van der Waals surface area (Å²) in [4.78, 5) is 15.9. The van der Waals surface area contributed by atoms with Crippen LogP contribution in [0, 0.1) is 5.82 Å². The van der Waals surface area contributed by atoms with E-state index in [4.69, 9.17) is 0 Å². The lowest BCUT2D eigenvalue weighted by molar-refractivity contribution is -0.121. The maximum Gasteiger partial charge on any atom is 0.221 e. The standard InChI is InChI=1S/C22H19FN2OS/c23-17-7-5-15(6-8-17)12-25-22(26)11-19(16-9-10-27-14-16)20-13-24-21-4-2-1-3-18(20)21/h1-10,13-14,19,24H,11-12H2,(H,25,26). The van der Waals surface area contributed by atoms with Crippen LogP contribution in [0.25, 0.3) is 10.9 Å². The van der Waals surface area contributed by atoms with Gasteiger partial charge in [0.1, 0.15) is 5.82 Å². The maximum absolute atomic E-state index is 13.0. The van der Waals surface area contributed by atoms with E-state index in [1.54, 1.807) is 23.5 Å². The molecule has 2 aromatic heterocycles. The van der Waals surface area contributed by atoms with Crippen molar-refractivity contribution >= 4 is 28.1 Å². The normalized spacial score (nSPS) is 12.2. The summed E-state index contributed by atoms with van der Waals surface area (Å²) in [5, 5.41) is 8.22. The lowest BCUT2D eigenvalue weighted by Gasteiger charge is -2.16. The molecule has 0 fully saturated rings. The number of carbonyl (C=O) groups excluding carboxylic acids is 1. The molecule has 5 heteroatoms. The van der Waals surface area contributed by atoms with Crippen molar-refractivity contribution in [2.45, 2.75) is 18.9 Å². The van der Waals surface area contributed by atoms with Crippen LogP contribution in [0.4, 0.5) is 4.39 Å². The second-order valence-electron chi connectivity index (χ2n) is 6.51. The van der Waals surface area contributed by atoms with Gasteiger partial charge in [0, 0.05) is 36.0 Å². The van der Waals surface area contributed by atoms with Crippen molar-refractivity contribution in [3.63, 3.8) is 0 Å². The van der Waals surface area contributed by atoms with E-state index in [1.807, 2.05) is 29.8 Å². The molecule has 0 spiro atoms. The molecule has 136 valence electrons. The van der Waals surface area contributed by atoms with Crippen LogP contribution in [0.5, 0.6) is 0 Å². The SMILES string of the molecule is O=C(CC(c1ccsc1)c1c[nH]c2ccccc12)NCc1ccc(F)cc1. The van der Waals surface area contributed by atoms with E-state index >= 15 is 0 Å². The Labute approximate surface area is 160 Å². The second kappa shape index (κ2) is 7.76. The number of carbonyl (C=O) groups is 1. The van der Waals surface area contributed by atoms with Crippen LogP contribution in [0.2, 0.25) is 0 Å². The zero-order valence-corrected chi connectivity index (χ0v) is 15.4. The highest BCUT2D eigenvalue weighted by Gasteiger charge is 2.21. The molecule has 2 aromatic carbocycles. The number of para-hydroxylation sites is 1. The monoisotopic (exact) mass is 378 g/mol. The number of nitrogens with one attached hydrogen (secondary N) is 2. The lowest BCUT2D eigenvalue weighted by atomic mass is 9.89. The van der Waals surface area contributed by atoms with Crippen molar-refractivity contribution in [3.8, 4) is 0 Å². The summed E-state index contributed by atoms with van der Waals surface area (Å²) in [6.07, 6.45) is 2.36.